The highest BCUT2D eigenvalue weighted by Gasteiger charge is 2.14. The van der Waals surface area contributed by atoms with Gasteiger partial charge >= 0.3 is 5.97 Å². The van der Waals surface area contributed by atoms with E-state index in [2.05, 4.69) is 13.8 Å². The van der Waals surface area contributed by atoms with E-state index in [-0.39, 0.29) is 18.7 Å². The van der Waals surface area contributed by atoms with Crippen LogP contribution in [-0.2, 0) is 14.3 Å². The van der Waals surface area contributed by atoms with Gasteiger partial charge in [0.25, 0.3) is 0 Å². The Bertz CT molecular complexity index is 320. The minimum absolute atomic E-state index is 0.00734. The second-order valence-electron chi connectivity index (χ2n) is 8.05. The number of hydrogen-bond acceptors (Lipinski definition) is 4. The average molecular weight is 401 g/mol. The van der Waals surface area contributed by atoms with E-state index in [1.807, 2.05) is 0 Å². The standard InChI is InChI=1S/C24H48O4/c1-3-5-7-8-9-10-11-12-13-14-15-16-17-19-24(26)28-23(18-6-4-2)22-27-21-20-25/h23,25H,3-22H2,1-2H3. The van der Waals surface area contributed by atoms with Crippen LogP contribution in [-0.4, -0.2) is 37.0 Å². The van der Waals surface area contributed by atoms with Gasteiger partial charge in [0.05, 0.1) is 19.8 Å². The molecule has 0 spiro atoms. The lowest BCUT2D eigenvalue weighted by Gasteiger charge is -2.17. The molecule has 28 heavy (non-hydrogen) atoms. The first-order valence-electron chi connectivity index (χ1n) is 12.1. The van der Waals surface area contributed by atoms with Crippen molar-refractivity contribution in [2.24, 2.45) is 0 Å². The predicted molar refractivity (Wildman–Crippen MR) is 118 cm³/mol. The fourth-order valence-corrected chi connectivity index (χ4v) is 3.42. The fraction of sp³-hybridized carbons (Fsp3) is 0.958. The Morgan fingerprint density at radius 3 is 1.75 bits per heavy atom. The van der Waals surface area contributed by atoms with Gasteiger partial charge in [-0.2, -0.15) is 0 Å². The van der Waals surface area contributed by atoms with Crippen molar-refractivity contribution in [2.45, 2.75) is 129 Å². The van der Waals surface area contributed by atoms with E-state index in [1.165, 1.54) is 70.6 Å². The molecule has 1 atom stereocenters. The molecule has 0 saturated carbocycles. The molecule has 0 aromatic carbocycles. The largest absolute Gasteiger partial charge is 0.460 e. The predicted octanol–water partition coefficient (Wildman–Crippen LogP) is 6.58. The Hall–Kier alpha value is -0.610. The monoisotopic (exact) mass is 400 g/mol. The summed E-state index contributed by atoms with van der Waals surface area (Å²) in [5, 5.41) is 8.79. The molecular weight excluding hydrogens is 352 g/mol. The summed E-state index contributed by atoms with van der Waals surface area (Å²) < 4.78 is 10.9. The molecule has 0 aliphatic rings. The molecule has 0 fully saturated rings. The minimum Gasteiger partial charge on any atom is -0.460 e. The molecule has 0 amide bonds. The van der Waals surface area contributed by atoms with E-state index < -0.39 is 0 Å². The number of carbonyl (C=O) groups excluding carboxylic acids is 1. The van der Waals surface area contributed by atoms with Crippen LogP contribution in [0.5, 0.6) is 0 Å². The zero-order valence-corrected chi connectivity index (χ0v) is 18.9. The first-order chi connectivity index (χ1) is 13.7. The van der Waals surface area contributed by atoms with Gasteiger partial charge in [0, 0.05) is 6.42 Å². The summed E-state index contributed by atoms with van der Waals surface area (Å²) in [4.78, 5) is 12.0. The molecule has 1 unspecified atom stereocenters. The fourth-order valence-electron chi connectivity index (χ4n) is 3.42. The maximum atomic E-state index is 12.0. The van der Waals surface area contributed by atoms with Gasteiger partial charge in [0.15, 0.2) is 0 Å². The van der Waals surface area contributed by atoms with Crippen molar-refractivity contribution in [3.05, 3.63) is 0 Å². The summed E-state index contributed by atoms with van der Waals surface area (Å²) in [6, 6.07) is 0. The van der Waals surface area contributed by atoms with Crippen molar-refractivity contribution < 1.29 is 19.4 Å². The van der Waals surface area contributed by atoms with Gasteiger partial charge in [-0.3, -0.25) is 4.79 Å². The number of ether oxygens (including phenoxy) is 2. The SMILES string of the molecule is CCCCCCCCCCCCCCCC(=O)OC(CCCC)COCCO. The Labute approximate surface area is 174 Å². The molecule has 0 aromatic heterocycles. The van der Waals surface area contributed by atoms with Crippen molar-refractivity contribution in [3.63, 3.8) is 0 Å². The van der Waals surface area contributed by atoms with Gasteiger partial charge in [0.2, 0.25) is 0 Å². The van der Waals surface area contributed by atoms with Gasteiger partial charge in [-0.15, -0.1) is 0 Å². The normalized spacial score (nSPS) is 12.2. The second kappa shape index (κ2) is 22.7. The van der Waals surface area contributed by atoms with E-state index in [4.69, 9.17) is 14.6 Å². The van der Waals surface area contributed by atoms with Crippen LogP contribution in [0.2, 0.25) is 0 Å². The molecule has 4 nitrogen and oxygen atoms in total. The van der Waals surface area contributed by atoms with E-state index >= 15 is 0 Å². The van der Waals surface area contributed by atoms with Gasteiger partial charge in [-0.25, -0.2) is 0 Å². The molecule has 4 heteroatoms. The van der Waals surface area contributed by atoms with E-state index in [0.717, 1.165) is 32.1 Å². The molecule has 0 heterocycles. The minimum atomic E-state index is -0.166. The van der Waals surface area contributed by atoms with E-state index in [9.17, 15) is 4.79 Å². The molecule has 0 aliphatic carbocycles. The van der Waals surface area contributed by atoms with Crippen LogP contribution < -0.4 is 0 Å². The Kier molecular flexibility index (Phi) is 22.2. The number of rotatable bonds is 22. The first kappa shape index (κ1) is 27.4. The zero-order chi connectivity index (χ0) is 20.7. The summed E-state index contributed by atoms with van der Waals surface area (Å²) in [7, 11) is 0. The molecule has 168 valence electrons. The number of carbonyl (C=O) groups is 1. The molecule has 0 aliphatic heterocycles. The van der Waals surface area contributed by atoms with Crippen LogP contribution in [0.3, 0.4) is 0 Å². The average Bonchev–Trinajstić information content (AvgIpc) is 2.69. The highest BCUT2D eigenvalue weighted by molar-refractivity contribution is 5.69. The van der Waals surface area contributed by atoms with E-state index in [0.29, 0.717) is 19.6 Å². The molecule has 1 N–H and O–H groups in total. The number of esters is 1. The van der Waals surface area contributed by atoms with Crippen LogP contribution in [0.1, 0.15) is 123 Å². The number of hydrogen-bond donors (Lipinski definition) is 1. The maximum absolute atomic E-state index is 12.0. The molecule has 0 bridgehead atoms. The van der Waals surface area contributed by atoms with Crippen molar-refractivity contribution >= 4 is 5.97 Å². The third-order valence-electron chi connectivity index (χ3n) is 5.20. The molecule has 0 radical (unpaired) electrons. The van der Waals surface area contributed by atoms with Crippen LogP contribution in [0.15, 0.2) is 0 Å². The Morgan fingerprint density at radius 2 is 1.25 bits per heavy atom. The van der Waals surface area contributed by atoms with Crippen molar-refractivity contribution in [1.82, 2.24) is 0 Å². The van der Waals surface area contributed by atoms with Gasteiger partial charge in [-0.1, -0.05) is 97.3 Å². The lowest BCUT2D eigenvalue weighted by molar-refractivity contribution is -0.153. The second-order valence-corrected chi connectivity index (χ2v) is 8.05. The number of aliphatic hydroxyl groups excluding tert-OH is 1. The summed E-state index contributed by atoms with van der Waals surface area (Å²) in [5.74, 6) is -0.100. The topological polar surface area (TPSA) is 55.8 Å². The lowest BCUT2D eigenvalue weighted by atomic mass is 10.0. The van der Waals surface area contributed by atoms with E-state index in [1.54, 1.807) is 0 Å². The summed E-state index contributed by atoms with van der Waals surface area (Å²) in [5.41, 5.74) is 0. The lowest BCUT2D eigenvalue weighted by Crippen LogP contribution is -2.24. The summed E-state index contributed by atoms with van der Waals surface area (Å²) in [6.07, 6.45) is 20.3. The molecular formula is C24H48O4. The zero-order valence-electron chi connectivity index (χ0n) is 18.9. The third-order valence-corrected chi connectivity index (χ3v) is 5.20. The van der Waals surface area contributed by atoms with Crippen molar-refractivity contribution in [1.29, 1.82) is 0 Å². The summed E-state index contributed by atoms with van der Waals surface area (Å²) >= 11 is 0. The van der Waals surface area contributed by atoms with Crippen molar-refractivity contribution in [2.75, 3.05) is 19.8 Å². The summed E-state index contributed by atoms with van der Waals surface area (Å²) in [6.45, 7) is 5.10. The quantitative estimate of drug-likeness (QED) is 0.165. The highest BCUT2D eigenvalue weighted by Crippen LogP contribution is 2.14. The van der Waals surface area contributed by atoms with Crippen LogP contribution >= 0.6 is 0 Å². The Balaban J connectivity index is 3.51. The van der Waals surface area contributed by atoms with Gasteiger partial charge in [-0.05, 0) is 19.3 Å². The van der Waals surface area contributed by atoms with Crippen LogP contribution in [0.25, 0.3) is 0 Å². The third kappa shape index (κ3) is 20.1. The Morgan fingerprint density at radius 1 is 0.750 bits per heavy atom. The first-order valence-corrected chi connectivity index (χ1v) is 12.1. The van der Waals surface area contributed by atoms with Crippen LogP contribution in [0.4, 0.5) is 0 Å². The molecule has 0 rings (SSSR count). The molecule has 0 saturated heterocycles. The van der Waals surface area contributed by atoms with Crippen LogP contribution in [0, 0.1) is 0 Å². The number of aliphatic hydroxyl groups is 1. The smallest absolute Gasteiger partial charge is 0.306 e. The molecule has 0 aromatic rings. The van der Waals surface area contributed by atoms with Gasteiger partial charge in [0.1, 0.15) is 6.10 Å². The number of unbranched alkanes of at least 4 members (excludes halogenated alkanes) is 13. The van der Waals surface area contributed by atoms with Gasteiger partial charge < -0.3 is 14.6 Å². The maximum Gasteiger partial charge on any atom is 0.306 e. The van der Waals surface area contributed by atoms with Crippen molar-refractivity contribution in [3.8, 4) is 0 Å². The highest BCUT2D eigenvalue weighted by atomic mass is 16.6.